The van der Waals surface area contributed by atoms with Gasteiger partial charge in [-0.15, -0.1) is 0 Å². The molecule has 1 aromatic rings. The molecule has 2 heterocycles. The van der Waals surface area contributed by atoms with Crippen LogP contribution in [0.1, 0.15) is 44.9 Å². The van der Waals surface area contributed by atoms with Crippen molar-refractivity contribution in [2.45, 2.75) is 69.2 Å². The summed E-state index contributed by atoms with van der Waals surface area (Å²) in [5.74, 6) is -0.184. The average Bonchev–Trinajstić information content (AvgIpc) is 2.89. The van der Waals surface area contributed by atoms with Gasteiger partial charge in [-0.2, -0.15) is 0 Å². The number of anilines is 1. The molecule has 1 N–H and O–H groups in total. The van der Waals surface area contributed by atoms with Crippen molar-refractivity contribution in [2.24, 2.45) is 0 Å². The van der Waals surface area contributed by atoms with Crippen LogP contribution in [0.15, 0.2) is 24.3 Å². The van der Waals surface area contributed by atoms with E-state index in [-0.39, 0.29) is 5.82 Å². The van der Waals surface area contributed by atoms with Gasteiger partial charge in [0.1, 0.15) is 5.82 Å². The van der Waals surface area contributed by atoms with E-state index in [2.05, 4.69) is 9.80 Å². The Labute approximate surface area is 155 Å². The zero-order valence-electron chi connectivity index (χ0n) is 15.5. The van der Waals surface area contributed by atoms with E-state index in [0.29, 0.717) is 31.3 Å². The normalized spacial score (nSPS) is 28.5. The quantitative estimate of drug-likeness (QED) is 0.843. The molecule has 26 heavy (non-hydrogen) atoms. The molecule has 0 radical (unpaired) electrons. The number of hydrogen-bond acceptors (Lipinski definition) is 4. The first-order chi connectivity index (χ1) is 12.7. The Morgan fingerprint density at radius 3 is 2.31 bits per heavy atom. The number of aliphatic hydroxyl groups excluding tert-OH is 1. The number of rotatable bonds is 6. The molecule has 1 saturated carbocycles. The molecule has 5 heteroatoms. The summed E-state index contributed by atoms with van der Waals surface area (Å²) in [6.45, 7) is 3.08. The molecule has 3 aliphatic rings. The van der Waals surface area contributed by atoms with Crippen LogP contribution in [0.5, 0.6) is 0 Å². The fourth-order valence-electron chi connectivity index (χ4n) is 4.93. The molecule has 2 aliphatic heterocycles. The van der Waals surface area contributed by atoms with Crippen molar-refractivity contribution in [3.63, 3.8) is 0 Å². The predicted molar refractivity (Wildman–Crippen MR) is 101 cm³/mol. The highest BCUT2D eigenvalue weighted by atomic mass is 19.1. The van der Waals surface area contributed by atoms with Crippen LogP contribution in [0.25, 0.3) is 0 Å². The lowest BCUT2D eigenvalue weighted by Crippen LogP contribution is -2.56. The molecular formula is C21H31FN2O2. The Morgan fingerprint density at radius 2 is 1.65 bits per heavy atom. The molecule has 4 rings (SSSR count). The second-order valence-corrected chi connectivity index (χ2v) is 8.21. The van der Waals surface area contributed by atoms with Gasteiger partial charge >= 0.3 is 0 Å². The summed E-state index contributed by atoms with van der Waals surface area (Å²) in [6.07, 6.45) is 8.44. The van der Waals surface area contributed by atoms with Crippen molar-refractivity contribution in [1.29, 1.82) is 0 Å². The maximum Gasteiger partial charge on any atom is 0.123 e. The molecule has 0 aromatic heterocycles. The van der Waals surface area contributed by atoms with E-state index < -0.39 is 6.10 Å². The van der Waals surface area contributed by atoms with E-state index in [0.717, 1.165) is 31.6 Å². The summed E-state index contributed by atoms with van der Waals surface area (Å²) in [6, 6.07) is 7.77. The first-order valence-corrected chi connectivity index (χ1v) is 10.2. The highest BCUT2D eigenvalue weighted by Gasteiger charge is 2.40. The van der Waals surface area contributed by atoms with Gasteiger partial charge in [0, 0.05) is 37.4 Å². The molecule has 3 fully saturated rings. The van der Waals surface area contributed by atoms with E-state index in [9.17, 15) is 9.50 Å². The first kappa shape index (κ1) is 18.2. The summed E-state index contributed by atoms with van der Waals surface area (Å²) in [7, 11) is 0. The number of ether oxygens (including phenoxy) is 1. The highest BCUT2D eigenvalue weighted by Crippen LogP contribution is 2.33. The Bertz CT molecular complexity index is 562. The Balaban J connectivity index is 1.28. The Morgan fingerprint density at radius 1 is 1.00 bits per heavy atom. The van der Waals surface area contributed by atoms with Gasteiger partial charge in [0.2, 0.25) is 0 Å². The monoisotopic (exact) mass is 362 g/mol. The largest absolute Gasteiger partial charge is 0.389 e. The minimum atomic E-state index is -0.405. The van der Waals surface area contributed by atoms with Crippen LogP contribution in [-0.4, -0.2) is 60.5 Å². The van der Waals surface area contributed by atoms with Crippen molar-refractivity contribution in [3.05, 3.63) is 30.1 Å². The van der Waals surface area contributed by atoms with Gasteiger partial charge in [-0.1, -0.05) is 19.3 Å². The third-order valence-electron chi connectivity index (χ3n) is 6.32. The van der Waals surface area contributed by atoms with Crippen molar-refractivity contribution >= 4 is 5.69 Å². The molecular weight excluding hydrogens is 331 g/mol. The third-order valence-corrected chi connectivity index (χ3v) is 6.32. The number of halogens is 1. The van der Waals surface area contributed by atoms with Crippen molar-refractivity contribution < 1.29 is 14.2 Å². The summed E-state index contributed by atoms with van der Waals surface area (Å²) in [5.41, 5.74) is 1.10. The van der Waals surface area contributed by atoms with Crippen LogP contribution >= 0.6 is 0 Å². The van der Waals surface area contributed by atoms with Crippen molar-refractivity contribution in [1.82, 2.24) is 4.90 Å². The van der Waals surface area contributed by atoms with Gasteiger partial charge in [-0.05, 0) is 49.9 Å². The van der Waals surface area contributed by atoms with Crippen molar-refractivity contribution in [3.8, 4) is 0 Å². The zero-order chi connectivity index (χ0) is 17.9. The SMILES string of the molecule is OC(COC1CCCCC1)CN1[C@@H]2CC[C@H]1CN(c1ccc(F)cc1)C2. The number of piperazine rings is 1. The van der Waals surface area contributed by atoms with Crippen LogP contribution in [0, 0.1) is 5.82 Å². The molecule has 1 unspecified atom stereocenters. The third kappa shape index (κ3) is 4.21. The van der Waals surface area contributed by atoms with Gasteiger partial charge in [0.25, 0.3) is 0 Å². The molecule has 1 aromatic carbocycles. The fraction of sp³-hybridized carbons (Fsp3) is 0.714. The molecule has 144 valence electrons. The van der Waals surface area contributed by atoms with Crippen LogP contribution in [-0.2, 0) is 4.74 Å². The van der Waals surface area contributed by atoms with Crippen LogP contribution in [0.4, 0.5) is 10.1 Å². The van der Waals surface area contributed by atoms with Gasteiger partial charge < -0.3 is 14.7 Å². The average molecular weight is 362 g/mol. The van der Waals surface area contributed by atoms with Crippen LogP contribution in [0.3, 0.4) is 0 Å². The molecule has 2 saturated heterocycles. The molecule has 0 spiro atoms. The maximum atomic E-state index is 13.2. The zero-order valence-corrected chi connectivity index (χ0v) is 15.5. The summed E-state index contributed by atoms with van der Waals surface area (Å²) < 4.78 is 19.1. The highest BCUT2D eigenvalue weighted by molar-refractivity contribution is 5.47. The number of fused-ring (bicyclic) bond motifs is 2. The molecule has 4 nitrogen and oxygen atoms in total. The van der Waals surface area contributed by atoms with Gasteiger partial charge in [-0.3, -0.25) is 4.90 Å². The number of hydrogen-bond donors (Lipinski definition) is 1. The minimum absolute atomic E-state index is 0.184. The topological polar surface area (TPSA) is 35.9 Å². The molecule has 1 aliphatic carbocycles. The van der Waals surface area contributed by atoms with E-state index >= 15 is 0 Å². The van der Waals surface area contributed by atoms with Crippen LogP contribution < -0.4 is 4.90 Å². The number of aliphatic hydroxyl groups is 1. The van der Waals surface area contributed by atoms with Gasteiger partial charge in [0.05, 0.1) is 18.8 Å². The Kier molecular flexibility index (Phi) is 5.77. The van der Waals surface area contributed by atoms with Gasteiger partial charge in [0.15, 0.2) is 0 Å². The summed E-state index contributed by atoms with van der Waals surface area (Å²) >= 11 is 0. The molecule has 2 bridgehead atoms. The fourth-order valence-corrected chi connectivity index (χ4v) is 4.93. The van der Waals surface area contributed by atoms with E-state index in [1.54, 1.807) is 0 Å². The van der Waals surface area contributed by atoms with Crippen LogP contribution in [0.2, 0.25) is 0 Å². The summed E-state index contributed by atoms with van der Waals surface area (Å²) in [5, 5.41) is 10.5. The lowest BCUT2D eigenvalue weighted by atomic mass is 9.98. The Hall–Kier alpha value is -1.17. The lowest BCUT2D eigenvalue weighted by Gasteiger charge is -2.43. The standard InChI is InChI=1S/C21H31FN2O2/c22-16-6-8-17(9-7-16)23-12-18-10-11-19(13-23)24(18)14-20(25)15-26-21-4-2-1-3-5-21/h6-9,18-21,25H,1-5,10-15H2/t18-,19+,20?. The maximum absolute atomic E-state index is 13.2. The lowest BCUT2D eigenvalue weighted by molar-refractivity contribution is -0.0389. The minimum Gasteiger partial charge on any atom is -0.389 e. The van der Waals surface area contributed by atoms with Crippen molar-refractivity contribution in [2.75, 3.05) is 31.1 Å². The second-order valence-electron chi connectivity index (χ2n) is 8.21. The van der Waals surface area contributed by atoms with Gasteiger partial charge in [-0.25, -0.2) is 4.39 Å². The second kappa shape index (κ2) is 8.24. The summed E-state index contributed by atoms with van der Waals surface area (Å²) in [4.78, 5) is 4.85. The molecule has 3 atom stereocenters. The molecule has 0 amide bonds. The van der Waals surface area contributed by atoms with E-state index in [4.69, 9.17) is 4.74 Å². The number of nitrogens with zero attached hydrogens (tertiary/aromatic N) is 2. The predicted octanol–water partition coefficient (Wildman–Crippen LogP) is 3.19. The smallest absolute Gasteiger partial charge is 0.123 e. The van der Waals surface area contributed by atoms with E-state index in [1.165, 1.54) is 44.2 Å². The first-order valence-electron chi connectivity index (χ1n) is 10.2. The van der Waals surface area contributed by atoms with E-state index in [1.807, 2.05) is 12.1 Å². The number of benzene rings is 1.